The van der Waals surface area contributed by atoms with E-state index >= 15 is 0 Å². The van der Waals surface area contributed by atoms with Crippen LogP contribution in [0.15, 0.2) is 48.5 Å². The molecule has 2 aliphatic rings. The number of fused-ring (bicyclic) bond motifs is 1. The van der Waals surface area contributed by atoms with Gasteiger partial charge in [0.15, 0.2) is 0 Å². The van der Waals surface area contributed by atoms with Gasteiger partial charge in [-0.25, -0.2) is 0 Å². The fourth-order valence-electron chi connectivity index (χ4n) is 5.02. The van der Waals surface area contributed by atoms with Crippen LogP contribution >= 0.6 is 0 Å². The molecule has 0 heterocycles. The Morgan fingerprint density at radius 1 is 0.846 bits per heavy atom. The second kappa shape index (κ2) is 6.12. The van der Waals surface area contributed by atoms with Gasteiger partial charge in [0, 0.05) is 0 Å². The van der Waals surface area contributed by atoms with Crippen LogP contribution in [-0.2, 0) is 10.8 Å². The first-order chi connectivity index (χ1) is 12.3. The van der Waals surface area contributed by atoms with E-state index in [4.69, 9.17) is 0 Å². The molecule has 2 aliphatic carbocycles. The van der Waals surface area contributed by atoms with Crippen LogP contribution in [0.25, 0.3) is 5.57 Å². The number of hydrogen-bond donors (Lipinski definition) is 0. The van der Waals surface area contributed by atoms with Crippen LogP contribution < -0.4 is 0 Å². The molecule has 26 heavy (non-hydrogen) atoms. The van der Waals surface area contributed by atoms with E-state index in [-0.39, 0.29) is 0 Å². The molecule has 0 aromatic heterocycles. The van der Waals surface area contributed by atoms with Crippen molar-refractivity contribution in [2.75, 3.05) is 0 Å². The molecule has 0 fully saturated rings. The first-order valence-electron chi connectivity index (χ1n) is 10.2. The Balaban J connectivity index is 1.69. The van der Waals surface area contributed by atoms with E-state index in [1.165, 1.54) is 42.4 Å². The van der Waals surface area contributed by atoms with Gasteiger partial charge in [0.25, 0.3) is 0 Å². The first kappa shape index (κ1) is 17.6. The minimum Gasteiger partial charge on any atom is -0.0801 e. The fraction of sp³-hybridized carbons (Fsp3) is 0.462. The molecule has 2 aromatic carbocycles. The van der Waals surface area contributed by atoms with Crippen molar-refractivity contribution >= 4 is 5.57 Å². The maximum Gasteiger partial charge on any atom is -0.00839 e. The van der Waals surface area contributed by atoms with Crippen LogP contribution in [0.1, 0.15) is 87.1 Å². The van der Waals surface area contributed by atoms with Crippen molar-refractivity contribution in [1.82, 2.24) is 0 Å². The standard InChI is InChI=1S/C26H32/c1-18-15-23-24(26(4,5)14-13-25(23,2)3)17-22(18)21-12-11-20(16-21)19-9-7-6-8-10-19/h6-11,15,17,21H,12-14,16H2,1-5H3. The summed E-state index contributed by atoms with van der Waals surface area (Å²) in [5.41, 5.74) is 9.77. The van der Waals surface area contributed by atoms with Gasteiger partial charge < -0.3 is 0 Å². The zero-order valence-corrected chi connectivity index (χ0v) is 17.0. The molecule has 0 bridgehead atoms. The molecule has 0 heteroatoms. The van der Waals surface area contributed by atoms with Crippen LogP contribution in [0.4, 0.5) is 0 Å². The van der Waals surface area contributed by atoms with Crippen LogP contribution in [0.5, 0.6) is 0 Å². The molecule has 0 saturated heterocycles. The third-order valence-electron chi connectivity index (χ3n) is 6.94. The maximum absolute atomic E-state index is 2.58. The highest BCUT2D eigenvalue weighted by Crippen LogP contribution is 2.48. The van der Waals surface area contributed by atoms with Gasteiger partial charge in [-0.2, -0.15) is 0 Å². The summed E-state index contributed by atoms with van der Waals surface area (Å²) in [4.78, 5) is 0. The SMILES string of the molecule is Cc1cc2c(cc1C1CC=C(c3ccccc3)C1)C(C)(C)CCC2(C)C. The summed E-state index contributed by atoms with van der Waals surface area (Å²) in [6.07, 6.45) is 7.39. The molecule has 2 aromatic rings. The van der Waals surface area contributed by atoms with E-state index in [2.05, 4.69) is 83.2 Å². The number of aryl methyl sites for hydroxylation is 1. The summed E-state index contributed by atoms with van der Waals surface area (Å²) in [5, 5.41) is 0. The van der Waals surface area contributed by atoms with Crippen LogP contribution in [0, 0.1) is 6.92 Å². The topological polar surface area (TPSA) is 0 Å². The van der Waals surface area contributed by atoms with Gasteiger partial charge in [-0.15, -0.1) is 0 Å². The van der Waals surface area contributed by atoms with Gasteiger partial charge in [0.1, 0.15) is 0 Å². The first-order valence-corrected chi connectivity index (χ1v) is 10.2. The summed E-state index contributed by atoms with van der Waals surface area (Å²) in [6, 6.07) is 16.0. The summed E-state index contributed by atoms with van der Waals surface area (Å²) >= 11 is 0. The number of hydrogen-bond acceptors (Lipinski definition) is 0. The summed E-state index contributed by atoms with van der Waals surface area (Å²) < 4.78 is 0. The molecule has 1 unspecified atom stereocenters. The molecule has 0 nitrogen and oxygen atoms in total. The normalized spacial score (nSPS) is 23.4. The smallest absolute Gasteiger partial charge is 0.00839 e. The zero-order valence-electron chi connectivity index (χ0n) is 17.0. The Morgan fingerprint density at radius 3 is 2.12 bits per heavy atom. The van der Waals surface area contributed by atoms with Crippen molar-refractivity contribution in [3.63, 3.8) is 0 Å². The maximum atomic E-state index is 2.58. The highest BCUT2D eigenvalue weighted by atomic mass is 14.4. The molecule has 0 N–H and O–H groups in total. The number of benzene rings is 2. The van der Waals surface area contributed by atoms with E-state index in [9.17, 15) is 0 Å². The predicted octanol–water partition coefficient (Wildman–Crippen LogP) is 7.31. The van der Waals surface area contributed by atoms with Crippen molar-refractivity contribution in [2.24, 2.45) is 0 Å². The monoisotopic (exact) mass is 344 g/mol. The van der Waals surface area contributed by atoms with E-state index < -0.39 is 0 Å². The molecular weight excluding hydrogens is 312 g/mol. The largest absolute Gasteiger partial charge is 0.0801 e. The molecule has 4 rings (SSSR count). The van der Waals surface area contributed by atoms with Crippen molar-refractivity contribution in [2.45, 2.75) is 77.0 Å². The Labute approximate surface area is 159 Å². The average molecular weight is 345 g/mol. The molecule has 0 amide bonds. The lowest BCUT2D eigenvalue weighted by Gasteiger charge is -2.42. The lowest BCUT2D eigenvalue weighted by atomic mass is 9.62. The number of rotatable bonds is 2. The quantitative estimate of drug-likeness (QED) is 0.536. The van der Waals surface area contributed by atoms with Gasteiger partial charge in [-0.1, -0.05) is 76.2 Å². The molecule has 0 radical (unpaired) electrons. The molecule has 1 atom stereocenters. The predicted molar refractivity (Wildman–Crippen MR) is 113 cm³/mol. The summed E-state index contributed by atoms with van der Waals surface area (Å²) in [7, 11) is 0. The molecule has 136 valence electrons. The van der Waals surface area contributed by atoms with Crippen molar-refractivity contribution in [3.8, 4) is 0 Å². The minimum atomic E-state index is 0.293. The minimum absolute atomic E-state index is 0.293. The van der Waals surface area contributed by atoms with Crippen LogP contribution in [-0.4, -0.2) is 0 Å². The van der Waals surface area contributed by atoms with Crippen molar-refractivity contribution in [3.05, 3.63) is 76.4 Å². The summed E-state index contributed by atoms with van der Waals surface area (Å²) in [5.74, 6) is 0.636. The van der Waals surface area contributed by atoms with Crippen LogP contribution in [0.2, 0.25) is 0 Å². The van der Waals surface area contributed by atoms with Crippen LogP contribution in [0.3, 0.4) is 0 Å². The van der Waals surface area contributed by atoms with Gasteiger partial charge >= 0.3 is 0 Å². The average Bonchev–Trinajstić information content (AvgIpc) is 3.09. The Bertz CT molecular complexity index is 849. The molecule has 0 saturated carbocycles. The fourth-order valence-corrected chi connectivity index (χ4v) is 5.02. The zero-order chi connectivity index (χ0) is 18.5. The Kier molecular flexibility index (Phi) is 4.14. The van der Waals surface area contributed by atoms with Gasteiger partial charge in [-0.3, -0.25) is 0 Å². The van der Waals surface area contributed by atoms with E-state index in [0.29, 0.717) is 16.7 Å². The lowest BCUT2D eigenvalue weighted by Crippen LogP contribution is -2.34. The van der Waals surface area contributed by atoms with Gasteiger partial charge in [0.05, 0.1) is 0 Å². The third kappa shape index (κ3) is 2.94. The van der Waals surface area contributed by atoms with Gasteiger partial charge in [0.2, 0.25) is 0 Å². The molecule has 0 aliphatic heterocycles. The third-order valence-corrected chi connectivity index (χ3v) is 6.94. The van der Waals surface area contributed by atoms with E-state index in [1.807, 2.05) is 0 Å². The van der Waals surface area contributed by atoms with Crippen molar-refractivity contribution < 1.29 is 0 Å². The number of allylic oxidation sites excluding steroid dienone is 2. The lowest BCUT2D eigenvalue weighted by molar-refractivity contribution is 0.331. The van der Waals surface area contributed by atoms with E-state index in [0.717, 1.165) is 0 Å². The van der Waals surface area contributed by atoms with Gasteiger partial charge in [-0.05, 0) is 82.7 Å². The molecule has 0 spiro atoms. The summed E-state index contributed by atoms with van der Waals surface area (Å²) in [6.45, 7) is 12.0. The molecular formula is C26H32. The second-order valence-electron chi connectivity index (χ2n) is 9.75. The van der Waals surface area contributed by atoms with E-state index in [1.54, 1.807) is 16.7 Å². The Morgan fingerprint density at radius 2 is 1.46 bits per heavy atom. The highest BCUT2D eigenvalue weighted by molar-refractivity contribution is 5.69. The second-order valence-corrected chi connectivity index (χ2v) is 9.75. The van der Waals surface area contributed by atoms with Crippen molar-refractivity contribution in [1.29, 1.82) is 0 Å². The highest BCUT2D eigenvalue weighted by Gasteiger charge is 2.38. The Hall–Kier alpha value is -1.82.